The summed E-state index contributed by atoms with van der Waals surface area (Å²) in [5, 5.41) is 2.69. The van der Waals surface area contributed by atoms with Crippen molar-refractivity contribution in [1.29, 1.82) is 0 Å². The number of hydrogen-bond acceptors (Lipinski definition) is 5. The highest BCUT2D eigenvalue weighted by molar-refractivity contribution is 7.90. The molecule has 8 heteroatoms. The topological polar surface area (TPSA) is 83.6 Å². The first-order valence-electron chi connectivity index (χ1n) is 7.22. The van der Waals surface area contributed by atoms with Gasteiger partial charge in [0, 0.05) is 22.5 Å². The molecule has 1 aromatic carbocycles. The van der Waals surface area contributed by atoms with Crippen molar-refractivity contribution in [2.24, 2.45) is 0 Å². The predicted octanol–water partition coefficient (Wildman–Crippen LogP) is 2.25. The van der Waals surface area contributed by atoms with Gasteiger partial charge in [0.25, 0.3) is 15.9 Å². The van der Waals surface area contributed by atoms with Crippen LogP contribution in [0.4, 0.5) is 5.69 Å². The Labute approximate surface area is 144 Å². The molecule has 0 bridgehead atoms. The predicted molar refractivity (Wildman–Crippen MR) is 91.6 cm³/mol. The Bertz CT molecular complexity index is 929. The molecule has 24 heavy (non-hydrogen) atoms. The molecule has 1 N–H and O–H groups in total. The van der Waals surface area contributed by atoms with Crippen molar-refractivity contribution in [3.8, 4) is 0 Å². The fourth-order valence-corrected chi connectivity index (χ4v) is 5.41. The van der Waals surface area contributed by atoms with Crippen molar-refractivity contribution < 1.29 is 18.0 Å². The van der Waals surface area contributed by atoms with E-state index >= 15 is 0 Å². The molecule has 1 aromatic heterocycles. The molecule has 2 aromatic rings. The Kier molecular flexibility index (Phi) is 3.97. The first-order valence-corrected chi connectivity index (χ1v) is 9.48. The summed E-state index contributed by atoms with van der Waals surface area (Å²) in [5.74, 6) is -2.43. The lowest BCUT2D eigenvalue weighted by molar-refractivity contribution is -0.132. The van der Waals surface area contributed by atoms with Gasteiger partial charge < -0.3 is 5.32 Å². The van der Waals surface area contributed by atoms with Crippen LogP contribution in [0.3, 0.4) is 0 Å². The average molecular weight is 364 g/mol. The average Bonchev–Trinajstić information content (AvgIpc) is 2.90. The molecule has 0 aliphatic carbocycles. The van der Waals surface area contributed by atoms with Crippen molar-refractivity contribution in [3.05, 3.63) is 45.6 Å². The third-order valence-electron chi connectivity index (χ3n) is 3.89. The van der Waals surface area contributed by atoms with Crippen LogP contribution in [0.25, 0.3) is 0 Å². The first kappa shape index (κ1) is 16.7. The lowest BCUT2D eigenvalue weighted by atomic mass is 10.1. The largest absolute Gasteiger partial charge is 0.325 e. The smallest absolute Gasteiger partial charge is 0.267 e. The molecule has 1 aliphatic rings. The number of sulfonamides is 1. The maximum atomic E-state index is 12.6. The number of nitrogens with zero attached hydrogens (tertiary/aromatic N) is 1. The van der Waals surface area contributed by atoms with Crippen molar-refractivity contribution in [1.82, 2.24) is 4.31 Å². The number of aryl methyl sites for hydroxylation is 2. The summed E-state index contributed by atoms with van der Waals surface area (Å²) >= 11 is 1.16. The van der Waals surface area contributed by atoms with E-state index in [2.05, 4.69) is 5.32 Å². The molecule has 0 saturated heterocycles. The third-order valence-corrected chi connectivity index (χ3v) is 6.93. The maximum Gasteiger partial charge on any atom is 0.267 e. The van der Waals surface area contributed by atoms with Crippen LogP contribution in [0.1, 0.15) is 21.2 Å². The Hall–Kier alpha value is -2.19. The van der Waals surface area contributed by atoms with E-state index in [1.54, 1.807) is 19.1 Å². The normalized spacial score (nSPS) is 19.0. The molecule has 0 fully saturated rings. The number of carbonyl (C=O) groups is 2. The summed E-state index contributed by atoms with van der Waals surface area (Å²) < 4.78 is 25.4. The maximum absolute atomic E-state index is 12.6. The lowest BCUT2D eigenvalue weighted by Crippen LogP contribution is -2.45. The van der Waals surface area contributed by atoms with Crippen LogP contribution >= 0.6 is 11.3 Å². The van der Waals surface area contributed by atoms with Crippen molar-refractivity contribution >= 4 is 38.9 Å². The molecule has 126 valence electrons. The Morgan fingerprint density at radius 2 is 1.83 bits per heavy atom. The van der Waals surface area contributed by atoms with Gasteiger partial charge in [-0.3, -0.25) is 9.59 Å². The van der Waals surface area contributed by atoms with Crippen LogP contribution in [0, 0.1) is 13.8 Å². The number of anilines is 1. The van der Waals surface area contributed by atoms with E-state index in [4.69, 9.17) is 0 Å². The van der Waals surface area contributed by atoms with Gasteiger partial charge in [-0.25, -0.2) is 12.7 Å². The molecular weight excluding hydrogens is 348 g/mol. The molecular formula is C16H16N2O4S2. The second-order valence-electron chi connectivity index (χ2n) is 5.68. The summed E-state index contributed by atoms with van der Waals surface area (Å²) in [4.78, 5) is 26.2. The van der Waals surface area contributed by atoms with E-state index in [-0.39, 0.29) is 9.77 Å². The molecule has 0 saturated carbocycles. The van der Waals surface area contributed by atoms with Crippen LogP contribution in [0.2, 0.25) is 0 Å². The SMILES string of the molecule is Cc1ccc(NC(=O)C2C(=O)N(C)S(=O)(=O)c3cc(C)sc32)cc1. The second kappa shape index (κ2) is 5.71. The van der Waals surface area contributed by atoms with Gasteiger partial charge in [-0.05, 0) is 32.0 Å². The molecule has 2 amide bonds. The van der Waals surface area contributed by atoms with Gasteiger partial charge in [0.05, 0.1) is 0 Å². The number of nitrogens with one attached hydrogen (secondary N) is 1. The molecule has 3 rings (SSSR count). The minimum atomic E-state index is -3.88. The van der Waals surface area contributed by atoms with E-state index in [9.17, 15) is 18.0 Å². The van der Waals surface area contributed by atoms with E-state index in [1.165, 1.54) is 13.1 Å². The van der Waals surface area contributed by atoms with Gasteiger partial charge in [0.2, 0.25) is 5.91 Å². The number of hydrogen-bond donors (Lipinski definition) is 1. The van der Waals surface area contributed by atoms with Gasteiger partial charge in [0.15, 0.2) is 5.92 Å². The monoisotopic (exact) mass is 364 g/mol. The highest BCUT2D eigenvalue weighted by atomic mass is 32.2. The number of thiophene rings is 1. The fraction of sp³-hybridized carbons (Fsp3) is 0.250. The van der Waals surface area contributed by atoms with Gasteiger partial charge in [0.1, 0.15) is 4.90 Å². The molecule has 2 heterocycles. The van der Waals surface area contributed by atoms with Gasteiger partial charge in [-0.15, -0.1) is 11.3 Å². The number of likely N-dealkylation sites (N-methyl/N-ethyl adjacent to an activating group) is 1. The zero-order valence-corrected chi connectivity index (χ0v) is 15.0. The van der Waals surface area contributed by atoms with Gasteiger partial charge in [-0.2, -0.15) is 0 Å². The zero-order chi connectivity index (χ0) is 17.6. The molecule has 6 nitrogen and oxygen atoms in total. The summed E-state index contributed by atoms with van der Waals surface area (Å²) in [6, 6.07) is 8.67. The number of amides is 2. The molecule has 1 unspecified atom stereocenters. The Balaban J connectivity index is 2.01. The summed E-state index contributed by atoms with van der Waals surface area (Å²) in [6.45, 7) is 3.68. The number of carbonyl (C=O) groups excluding carboxylic acids is 2. The van der Waals surface area contributed by atoms with E-state index in [1.807, 2.05) is 19.1 Å². The Morgan fingerprint density at radius 1 is 1.21 bits per heavy atom. The molecule has 0 spiro atoms. The van der Waals surface area contributed by atoms with E-state index in [0.29, 0.717) is 9.99 Å². The van der Waals surface area contributed by atoms with Crippen LogP contribution in [-0.2, 0) is 19.6 Å². The summed E-state index contributed by atoms with van der Waals surface area (Å²) in [7, 11) is -2.70. The second-order valence-corrected chi connectivity index (χ2v) is 8.91. The van der Waals surface area contributed by atoms with Crippen molar-refractivity contribution in [2.75, 3.05) is 12.4 Å². The summed E-state index contributed by atoms with van der Waals surface area (Å²) in [5.41, 5.74) is 1.60. The highest BCUT2D eigenvalue weighted by Gasteiger charge is 2.46. The molecule has 1 atom stereocenters. The highest BCUT2D eigenvalue weighted by Crippen LogP contribution is 2.40. The third kappa shape index (κ3) is 2.61. The van der Waals surface area contributed by atoms with Crippen LogP contribution in [0.5, 0.6) is 0 Å². The molecule has 1 aliphatic heterocycles. The van der Waals surface area contributed by atoms with Crippen LogP contribution in [0.15, 0.2) is 35.2 Å². The van der Waals surface area contributed by atoms with Crippen LogP contribution in [-0.4, -0.2) is 31.6 Å². The van der Waals surface area contributed by atoms with Gasteiger partial charge in [-0.1, -0.05) is 17.7 Å². The molecule has 0 radical (unpaired) electrons. The minimum absolute atomic E-state index is 0.0381. The minimum Gasteiger partial charge on any atom is -0.325 e. The van der Waals surface area contributed by atoms with E-state index < -0.39 is 27.8 Å². The number of benzene rings is 1. The van der Waals surface area contributed by atoms with Crippen molar-refractivity contribution in [2.45, 2.75) is 24.7 Å². The van der Waals surface area contributed by atoms with E-state index in [0.717, 1.165) is 21.8 Å². The quantitative estimate of drug-likeness (QED) is 0.829. The van der Waals surface area contributed by atoms with Crippen LogP contribution < -0.4 is 5.32 Å². The number of fused-ring (bicyclic) bond motifs is 1. The van der Waals surface area contributed by atoms with Gasteiger partial charge >= 0.3 is 0 Å². The summed E-state index contributed by atoms with van der Waals surface area (Å²) in [6.07, 6.45) is 0. The lowest BCUT2D eigenvalue weighted by Gasteiger charge is -2.28. The number of rotatable bonds is 2. The first-order chi connectivity index (χ1) is 11.2. The Morgan fingerprint density at radius 3 is 2.46 bits per heavy atom. The zero-order valence-electron chi connectivity index (χ0n) is 13.4. The fourth-order valence-electron chi connectivity index (χ4n) is 2.55. The standard InChI is InChI=1S/C16H16N2O4S2/c1-9-4-6-11(7-5-9)17-15(19)13-14-12(8-10(2)23-14)24(21,22)18(3)16(13)20/h4-8,13H,1-3H3,(H,17,19). The van der Waals surface area contributed by atoms with Crippen molar-refractivity contribution in [3.63, 3.8) is 0 Å².